The molecule has 5 heteroatoms. The largest absolute Gasteiger partial charge is 0.324 e. The third-order valence-electron chi connectivity index (χ3n) is 3.46. The molecule has 0 atom stereocenters. The van der Waals surface area contributed by atoms with Gasteiger partial charge >= 0.3 is 0 Å². The summed E-state index contributed by atoms with van der Waals surface area (Å²) in [6, 6.07) is 13.2. The molecule has 0 radical (unpaired) electrons. The van der Waals surface area contributed by atoms with Crippen molar-refractivity contribution >= 4 is 39.1 Å². The molecule has 0 aliphatic rings. The molecule has 0 bridgehead atoms. The highest BCUT2D eigenvalue weighted by Gasteiger charge is 2.16. The maximum Gasteiger partial charge on any atom is 0.244 e. The first-order valence-electron chi connectivity index (χ1n) is 7.27. The van der Waals surface area contributed by atoms with Crippen LogP contribution in [0.5, 0.6) is 0 Å². The minimum absolute atomic E-state index is 0.0196. The monoisotopic (exact) mass is 374 g/mol. The number of amides is 2. The third-order valence-corrected chi connectivity index (χ3v) is 3.95. The van der Waals surface area contributed by atoms with Crippen LogP contribution < -0.4 is 10.2 Å². The first-order chi connectivity index (χ1) is 10.9. The fourth-order valence-corrected chi connectivity index (χ4v) is 2.76. The number of nitrogens with zero attached hydrogens (tertiary/aromatic N) is 1. The van der Waals surface area contributed by atoms with Gasteiger partial charge in [0.1, 0.15) is 6.54 Å². The van der Waals surface area contributed by atoms with Crippen LogP contribution in [0, 0.1) is 13.8 Å². The molecule has 4 nitrogen and oxygen atoms in total. The van der Waals surface area contributed by atoms with Gasteiger partial charge in [-0.2, -0.15) is 0 Å². The average molecular weight is 375 g/mol. The van der Waals surface area contributed by atoms with E-state index in [1.807, 2.05) is 56.3 Å². The lowest BCUT2D eigenvalue weighted by Crippen LogP contribution is -2.36. The van der Waals surface area contributed by atoms with Gasteiger partial charge < -0.3 is 10.2 Å². The second-order valence-corrected chi connectivity index (χ2v) is 6.37. The van der Waals surface area contributed by atoms with Crippen LogP contribution in [0.4, 0.5) is 11.4 Å². The van der Waals surface area contributed by atoms with Gasteiger partial charge in [0.05, 0.1) is 0 Å². The summed E-state index contributed by atoms with van der Waals surface area (Å²) in [5.41, 5.74) is 3.46. The van der Waals surface area contributed by atoms with E-state index in [1.165, 1.54) is 11.8 Å². The molecule has 2 amide bonds. The van der Waals surface area contributed by atoms with Gasteiger partial charge in [0.25, 0.3) is 0 Å². The fraction of sp³-hybridized carbons (Fsp3) is 0.222. The number of carbonyl (C=O) groups is 2. The summed E-state index contributed by atoms with van der Waals surface area (Å²) in [6.07, 6.45) is 0. The van der Waals surface area contributed by atoms with Crippen LogP contribution in [-0.2, 0) is 9.59 Å². The van der Waals surface area contributed by atoms with Crippen molar-refractivity contribution in [3.8, 4) is 0 Å². The lowest BCUT2D eigenvalue weighted by atomic mass is 10.2. The summed E-state index contributed by atoms with van der Waals surface area (Å²) < 4.78 is 0.957. The van der Waals surface area contributed by atoms with E-state index in [-0.39, 0.29) is 18.4 Å². The van der Waals surface area contributed by atoms with Gasteiger partial charge in [0.2, 0.25) is 11.8 Å². The third kappa shape index (κ3) is 4.66. The topological polar surface area (TPSA) is 49.4 Å². The molecule has 2 aromatic carbocycles. The lowest BCUT2D eigenvalue weighted by molar-refractivity contribution is -0.120. The number of rotatable bonds is 4. The maximum absolute atomic E-state index is 12.3. The van der Waals surface area contributed by atoms with Crippen molar-refractivity contribution in [1.29, 1.82) is 0 Å². The van der Waals surface area contributed by atoms with Crippen molar-refractivity contribution in [2.24, 2.45) is 0 Å². The highest BCUT2D eigenvalue weighted by Crippen LogP contribution is 2.21. The van der Waals surface area contributed by atoms with Crippen LogP contribution in [0.3, 0.4) is 0 Å². The Labute approximate surface area is 144 Å². The van der Waals surface area contributed by atoms with Crippen molar-refractivity contribution < 1.29 is 9.59 Å². The summed E-state index contributed by atoms with van der Waals surface area (Å²) in [5, 5.41) is 2.85. The zero-order valence-corrected chi connectivity index (χ0v) is 15.0. The van der Waals surface area contributed by atoms with Crippen LogP contribution in [0.1, 0.15) is 18.1 Å². The van der Waals surface area contributed by atoms with Gasteiger partial charge in [-0.1, -0.05) is 28.1 Å². The number of anilines is 2. The van der Waals surface area contributed by atoms with Gasteiger partial charge in [0.15, 0.2) is 0 Å². The summed E-state index contributed by atoms with van der Waals surface area (Å²) in [4.78, 5) is 25.7. The highest BCUT2D eigenvalue weighted by atomic mass is 79.9. The van der Waals surface area contributed by atoms with Gasteiger partial charge in [-0.25, -0.2) is 0 Å². The molecule has 0 spiro atoms. The number of aryl methyl sites for hydroxylation is 2. The first-order valence-corrected chi connectivity index (χ1v) is 8.07. The number of hydrogen-bond donors (Lipinski definition) is 1. The molecule has 120 valence electrons. The molecule has 0 aliphatic heterocycles. The summed E-state index contributed by atoms with van der Waals surface area (Å²) >= 11 is 3.39. The second kappa shape index (κ2) is 7.42. The van der Waals surface area contributed by atoms with E-state index in [0.29, 0.717) is 0 Å². The van der Waals surface area contributed by atoms with Crippen molar-refractivity contribution in [3.05, 3.63) is 58.1 Å². The van der Waals surface area contributed by atoms with Crippen LogP contribution in [0.15, 0.2) is 46.9 Å². The van der Waals surface area contributed by atoms with E-state index in [9.17, 15) is 9.59 Å². The molecule has 0 saturated heterocycles. The molecule has 0 heterocycles. The van der Waals surface area contributed by atoms with Gasteiger partial charge in [0, 0.05) is 22.8 Å². The van der Waals surface area contributed by atoms with E-state index < -0.39 is 0 Å². The van der Waals surface area contributed by atoms with E-state index in [2.05, 4.69) is 21.2 Å². The summed E-state index contributed by atoms with van der Waals surface area (Å²) in [7, 11) is 0. The van der Waals surface area contributed by atoms with Gasteiger partial charge in [-0.15, -0.1) is 0 Å². The predicted molar refractivity (Wildman–Crippen MR) is 96.7 cm³/mol. The van der Waals surface area contributed by atoms with Gasteiger partial charge in [-0.05, 0) is 55.3 Å². The Morgan fingerprint density at radius 1 is 1.13 bits per heavy atom. The Kier molecular flexibility index (Phi) is 5.55. The van der Waals surface area contributed by atoms with Gasteiger partial charge in [-0.3, -0.25) is 9.59 Å². The molecule has 1 N–H and O–H groups in total. The smallest absolute Gasteiger partial charge is 0.244 e. The Balaban J connectivity index is 2.14. The molecule has 2 aromatic rings. The molecule has 0 unspecified atom stereocenters. The SMILES string of the molecule is CC(=O)N(CC(=O)Nc1ccc(Br)cc1C)c1cccc(C)c1. The lowest BCUT2D eigenvalue weighted by Gasteiger charge is -2.21. The maximum atomic E-state index is 12.3. The molecule has 23 heavy (non-hydrogen) atoms. The molecular weight excluding hydrogens is 356 g/mol. The zero-order valence-electron chi connectivity index (χ0n) is 13.4. The number of nitrogens with one attached hydrogen (secondary N) is 1. The molecule has 0 fully saturated rings. The van der Waals surface area contributed by atoms with Crippen molar-refractivity contribution in [2.45, 2.75) is 20.8 Å². The minimum Gasteiger partial charge on any atom is -0.324 e. The van der Waals surface area contributed by atoms with Crippen LogP contribution in [0.25, 0.3) is 0 Å². The molecular formula is C18H19BrN2O2. The predicted octanol–water partition coefficient (Wildman–Crippen LogP) is 4.06. The summed E-state index contributed by atoms with van der Waals surface area (Å²) in [6.45, 7) is 5.31. The van der Waals surface area contributed by atoms with Crippen LogP contribution in [0.2, 0.25) is 0 Å². The fourth-order valence-electron chi connectivity index (χ4n) is 2.28. The Morgan fingerprint density at radius 2 is 1.87 bits per heavy atom. The molecule has 0 aromatic heterocycles. The Bertz CT molecular complexity index is 744. The zero-order chi connectivity index (χ0) is 17.0. The number of hydrogen-bond acceptors (Lipinski definition) is 2. The van der Waals surface area contributed by atoms with Crippen molar-refractivity contribution in [3.63, 3.8) is 0 Å². The van der Waals surface area contributed by atoms with E-state index in [1.54, 1.807) is 0 Å². The van der Waals surface area contributed by atoms with E-state index in [0.717, 1.165) is 27.0 Å². The molecule has 0 aliphatic carbocycles. The van der Waals surface area contributed by atoms with Crippen LogP contribution in [-0.4, -0.2) is 18.4 Å². The van der Waals surface area contributed by atoms with E-state index >= 15 is 0 Å². The number of benzene rings is 2. The minimum atomic E-state index is -0.230. The Morgan fingerprint density at radius 3 is 2.48 bits per heavy atom. The summed E-state index contributed by atoms with van der Waals surface area (Å²) in [5.74, 6) is -0.398. The number of halogens is 1. The van der Waals surface area contributed by atoms with Crippen LogP contribution >= 0.6 is 15.9 Å². The van der Waals surface area contributed by atoms with Crippen molar-refractivity contribution in [2.75, 3.05) is 16.8 Å². The van der Waals surface area contributed by atoms with E-state index in [4.69, 9.17) is 0 Å². The highest BCUT2D eigenvalue weighted by molar-refractivity contribution is 9.10. The molecule has 2 rings (SSSR count). The average Bonchev–Trinajstić information content (AvgIpc) is 2.47. The quantitative estimate of drug-likeness (QED) is 0.876. The Hall–Kier alpha value is -2.14. The second-order valence-electron chi connectivity index (χ2n) is 5.45. The molecule has 0 saturated carbocycles. The first kappa shape index (κ1) is 17.2. The number of carbonyl (C=O) groups excluding carboxylic acids is 2. The van der Waals surface area contributed by atoms with Crippen molar-refractivity contribution in [1.82, 2.24) is 0 Å². The normalized spacial score (nSPS) is 10.3. The standard InChI is InChI=1S/C18H19BrN2O2/c1-12-5-4-6-16(9-12)21(14(3)22)11-18(23)20-17-8-7-15(19)10-13(17)2/h4-10H,11H2,1-3H3,(H,20,23).